The first-order chi connectivity index (χ1) is 9.76. The lowest BCUT2D eigenvalue weighted by molar-refractivity contribution is 0.108. The second kappa shape index (κ2) is 6.46. The molecule has 2 unspecified atom stereocenters. The van der Waals surface area contributed by atoms with Gasteiger partial charge in [-0.25, -0.2) is 0 Å². The number of benzene rings is 1. The lowest BCUT2D eigenvalue weighted by Gasteiger charge is -2.42. The zero-order valence-corrected chi connectivity index (χ0v) is 13.7. The number of hydrogen-bond donors (Lipinski definition) is 1. The van der Waals surface area contributed by atoms with E-state index in [4.69, 9.17) is 4.74 Å². The van der Waals surface area contributed by atoms with E-state index >= 15 is 0 Å². The lowest BCUT2D eigenvalue weighted by atomic mass is 9.85. The molecule has 0 saturated carbocycles. The molecule has 2 heterocycles. The molecular weight excluding hydrogens is 316 g/mol. The first-order valence-electron chi connectivity index (χ1n) is 7.54. The molecule has 3 rings (SSSR count). The normalized spacial score (nSPS) is 27.1. The smallest absolute Gasteiger partial charge is 0.123 e. The Morgan fingerprint density at radius 3 is 3.15 bits per heavy atom. The minimum absolute atomic E-state index is 0.754. The Labute approximate surface area is 129 Å². The first kappa shape index (κ1) is 14.4. The van der Waals surface area contributed by atoms with E-state index in [2.05, 4.69) is 32.2 Å². The maximum atomic E-state index is 5.49. The van der Waals surface area contributed by atoms with Crippen LogP contribution in [-0.4, -0.2) is 37.7 Å². The molecule has 2 saturated heterocycles. The van der Waals surface area contributed by atoms with Gasteiger partial charge in [-0.05, 0) is 56.5 Å². The van der Waals surface area contributed by atoms with E-state index in [0.29, 0.717) is 0 Å². The molecule has 2 atom stereocenters. The summed E-state index contributed by atoms with van der Waals surface area (Å²) in [5, 5.41) is 3.68. The summed E-state index contributed by atoms with van der Waals surface area (Å²) >= 11 is 3.56. The van der Waals surface area contributed by atoms with Crippen molar-refractivity contribution in [3.05, 3.63) is 28.2 Å². The van der Waals surface area contributed by atoms with Crippen LogP contribution in [0.2, 0.25) is 0 Å². The Hall–Kier alpha value is -0.580. The predicted molar refractivity (Wildman–Crippen MR) is 85.1 cm³/mol. The number of nitrogens with one attached hydrogen (secondary N) is 1. The van der Waals surface area contributed by atoms with Crippen molar-refractivity contribution in [3.8, 4) is 5.75 Å². The third kappa shape index (κ3) is 3.18. The van der Waals surface area contributed by atoms with Crippen LogP contribution in [0, 0.1) is 5.92 Å². The highest BCUT2D eigenvalue weighted by Crippen LogP contribution is 2.29. The number of methoxy groups -OCH3 is 1. The third-order valence-corrected chi connectivity index (χ3v) is 5.11. The molecule has 0 spiro atoms. The van der Waals surface area contributed by atoms with Crippen molar-refractivity contribution in [2.24, 2.45) is 5.92 Å². The summed E-state index contributed by atoms with van der Waals surface area (Å²) in [6.45, 7) is 4.60. The van der Waals surface area contributed by atoms with Crippen LogP contribution in [0.1, 0.15) is 24.8 Å². The van der Waals surface area contributed by atoms with Crippen molar-refractivity contribution >= 4 is 15.9 Å². The van der Waals surface area contributed by atoms with E-state index in [1.165, 1.54) is 44.5 Å². The van der Waals surface area contributed by atoms with Gasteiger partial charge in [0.05, 0.1) is 7.11 Å². The average molecular weight is 339 g/mol. The van der Waals surface area contributed by atoms with Crippen LogP contribution in [-0.2, 0) is 6.54 Å². The van der Waals surface area contributed by atoms with Crippen LogP contribution < -0.4 is 10.1 Å². The fourth-order valence-corrected chi connectivity index (χ4v) is 3.98. The second-order valence-electron chi connectivity index (χ2n) is 5.94. The van der Waals surface area contributed by atoms with Crippen LogP contribution in [0.15, 0.2) is 22.7 Å². The van der Waals surface area contributed by atoms with Crippen molar-refractivity contribution < 1.29 is 4.74 Å². The molecule has 1 N–H and O–H groups in total. The van der Waals surface area contributed by atoms with Crippen molar-refractivity contribution in [3.63, 3.8) is 0 Å². The number of rotatable bonds is 3. The Balaban J connectivity index is 1.67. The molecule has 4 heteroatoms. The molecule has 110 valence electrons. The number of likely N-dealkylation sites (tertiary alicyclic amines) is 1. The standard InChI is InChI=1S/C16H23BrN2O/c1-20-16-5-4-14(17)9-13(16)11-19-8-6-15-12(10-19)3-2-7-18-15/h4-5,9,12,15,18H,2-3,6-8,10-11H2,1H3. The zero-order chi connectivity index (χ0) is 13.9. The lowest BCUT2D eigenvalue weighted by Crippen LogP contribution is -2.51. The highest BCUT2D eigenvalue weighted by molar-refractivity contribution is 9.10. The number of piperidine rings is 2. The fourth-order valence-electron chi connectivity index (χ4n) is 3.58. The second-order valence-corrected chi connectivity index (χ2v) is 6.86. The monoisotopic (exact) mass is 338 g/mol. The summed E-state index contributed by atoms with van der Waals surface area (Å²) in [5.74, 6) is 1.83. The number of halogens is 1. The van der Waals surface area contributed by atoms with Crippen LogP contribution in [0.5, 0.6) is 5.75 Å². The van der Waals surface area contributed by atoms with Crippen molar-refractivity contribution in [2.45, 2.75) is 31.8 Å². The zero-order valence-electron chi connectivity index (χ0n) is 12.1. The molecule has 20 heavy (non-hydrogen) atoms. The van der Waals surface area contributed by atoms with Gasteiger partial charge in [-0.15, -0.1) is 0 Å². The Morgan fingerprint density at radius 1 is 1.40 bits per heavy atom. The van der Waals surface area contributed by atoms with Gasteiger partial charge >= 0.3 is 0 Å². The Kier molecular flexibility index (Phi) is 4.64. The van der Waals surface area contributed by atoms with Gasteiger partial charge in [0.15, 0.2) is 0 Å². The average Bonchev–Trinajstić information content (AvgIpc) is 2.47. The number of hydrogen-bond acceptors (Lipinski definition) is 3. The molecule has 0 radical (unpaired) electrons. The van der Waals surface area contributed by atoms with Crippen molar-refractivity contribution in [2.75, 3.05) is 26.7 Å². The van der Waals surface area contributed by atoms with Gasteiger partial charge in [0.2, 0.25) is 0 Å². The highest BCUT2D eigenvalue weighted by Gasteiger charge is 2.30. The molecule has 1 aromatic rings. The van der Waals surface area contributed by atoms with Gasteiger partial charge in [0.1, 0.15) is 5.75 Å². The summed E-state index contributed by atoms with van der Waals surface area (Å²) in [6.07, 6.45) is 3.99. The number of fused-ring (bicyclic) bond motifs is 1. The molecule has 3 nitrogen and oxygen atoms in total. The first-order valence-corrected chi connectivity index (χ1v) is 8.33. The number of nitrogens with zero attached hydrogens (tertiary/aromatic N) is 1. The molecule has 0 aliphatic carbocycles. The van der Waals surface area contributed by atoms with Crippen LogP contribution >= 0.6 is 15.9 Å². The van der Waals surface area contributed by atoms with Crippen molar-refractivity contribution in [1.82, 2.24) is 10.2 Å². The molecular formula is C16H23BrN2O. The molecule has 0 amide bonds. The van der Waals surface area contributed by atoms with Crippen LogP contribution in [0.4, 0.5) is 0 Å². The SMILES string of the molecule is COc1ccc(Br)cc1CN1CCC2NCCCC2C1. The molecule has 0 bridgehead atoms. The van der Waals surface area contributed by atoms with Gasteiger partial charge < -0.3 is 10.1 Å². The summed E-state index contributed by atoms with van der Waals surface area (Å²) < 4.78 is 6.62. The topological polar surface area (TPSA) is 24.5 Å². The van der Waals surface area contributed by atoms with E-state index in [0.717, 1.165) is 28.7 Å². The molecule has 1 aromatic carbocycles. The van der Waals surface area contributed by atoms with Crippen LogP contribution in [0.3, 0.4) is 0 Å². The summed E-state index contributed by atoms with van der Waals surface area (Å²) in [5.41, 5.74) is 1.28. The van der Waals surface area contributed by atoms with Gasteiger partial charge in [0.25, 0.3) is 0 Å². The van der Waals surface area contributed by atoms with Gasteiger partial charge in [0, 0.05) is 29.2 Å². The molecule has 2 aliphatic rings. The number of ether oxygens (including phenoxy) is 1. The van der Waals surface area contributed by atoms with Crippen molar-refractivity contribution in [1.29, 1.82) is 0 Å². The van der Waals surface area contributed by atoms with Gasteiger partial charge in [-0.1, -0.05) is 15.9 Å². The summed E-state index contributed by atoms with van der Waals surface area (Å²) in [4.78, 5) is 2.58. The largest absolute Gasteiger partial charge is 0.496 e. The minimum atomic E-state index is 0.754. The molecule has 0 aromatic heterocycles. The maximum absolute atomic E-state index is 5.49. The summed E-state index contributed by atoms with van der Waals surface area (Å²) in [7, 11) is 1.75. The summed E-state index contributed by atoms with van der Waals surface area (Å²) in [6, 6.07) is 7.03. The Bertz CT molecular complexity index is 466. The van der Waals surface area contributed by atoms with Crippen LogP contribution in [0.25, 0.3) is 0 Å². The van der Waals surface area contributed by atoms with E-state index in [1.54, 1.807) is 7.11 Å². The van der Waals surface area contributed by atoms with E-state index in [9.17, 15) is 0 Å². The van der Waals surface area contributed by atoms with E-state index < -0.39 is 0 Å². The Morgan fingerprint density at radius 2 is 2.30 bits per heavy atom. The van der Waals surface area contributed by atoms with Gasteiger partial charge in [-0.2, -0.15) is 0 Å². The quantitative estimate of drug-likeness (QED) is 0.916. The molecule has 2 aliphatic heterocycles. The molecule has 2 fully saturated rings. The predicted octanol–water partition coefficient (Wildman–Crippen LogP) is 3.03. The van der Waals surface area contributed by atoms with E-state index in [1.807, 2.05) is 12.1 Å². The maximum Gasteiger partial charge on any atom is 0.123 e. The van der Waals surface area contributed by atoms with E-state index in [-0.39, 0.29) is 0 Å². The van der Waals surface area contributed by atoms with Gasteiger partial charge in [-0.3, -0.25) is 4.90 Å². The highest BCUT2D eigenvalue weighted by atomic mass is 79.9. The minimum Gasteiger partial charge on any atom is -0.496 e. The third-order valence-electron chi connectivity index (χ3n) is 4.61. The fraction of sp³-hybridized carbons (Fsp3) is 0.625.